The van der Waals surface area contributed by atoms with E-state index in [0.29, 0.717) is 6.42 Å². The smallest absolute Gasteiger partial charge is 0.205 e. The van der Waals surface area contributed by atoms with Crippen LogP contribution in [0.3, 0.4) is 0 Å². The number of hydrogen-bond acceptors (Lipinski definition) is 0. The van der Waals surface area contributed by atoms with Crippen LogP contribution in [-0.2, 0) is 0 Å². The fraction of sp³-hybridized carbons (Fsp3) is 0.500. The molecule has 0 heterocycles. The Bertz CT molecular complexity index is 206. The predicted molar refractivity (Wildman–Crippen MR) is 41.8 cm³/mol. The Labute approximate surface area is 69.5 Å². The van der Waals surface area contributed by atoms with Gasteiger partial charge in [-0.05, 0) is 18.4 Å². The molecule has 0 saturated heterocycles. The molecule has 0 aromatic rings. The molecular formula is C8H9ClF2. The quantitative estimate of drug-likeness (QED) is 0.578. The Morgan fingerprint density at radius 3 is 2.73 bits per heavy atom. The molecule has 0 nitrogen and oxygen atoms in total. The topological polar surface area (TPSA) is 0 Å². The van der Waals surface area contributed by atoms with Gasteiger partial charge in [0.25, 0.3) is 6.43 Å². The second kappa shape index (κ2) is 3.35. The molecule has 0 fully saturated rings. The summed E-state index contributed by atoms with van der Waals surface area (Å²) in [7, 11) is 0. The molecule has 1 unspecified atom stereocenters. The van der Waals surface area contributed by atoms with Crippen LogP contribution in [0.1, 0.15) is 13.3 Å². The van der Waals surface area contributed by atoms with Gasteiger partial charge in [-0.25, -0.2) is 8.78 Å². The number of rotatable bonds is 1. The highest BCUT2D eigenvalue weighted by atomic mass is 35.5. The van der Waals surface area contributed by atoms with Crippen molar-refractivity contribution in [2.45, 2.75) is 19.8 Å². The summed E-state index contributed by atoms with van der Waals surface area (Å²) in [5, 5.41) is 0.207. The van der Waals surface area contributed by atoms with Crippen LogP contribution in [0.4, 0.5) is 8.78 Å². The molecule has 3 heteroatoms. The molecule has 11 heavy (non-hydrogen) atoms. The van der Waals surface area contributed by atoms with Crippen LogP contribution >= 0.6 is 11.6 Å². The maximum Gasteiger partial charge on any atom is 0.261 e. The lowest BCUT2D eigenvalue weighted by Crippen LogP contribution is -2.06. The van der Waals surface area contributed by atoms with Crippen molar-refractivity contribution in [3.05, 3.63) is 22.8 Å². The van der Waals surface area contributed by atoms with Crippen LogP contribution in [0.5, 0.6) is 0 Å². The van der Waals surface area contributed by atoms with E-state index in [4.69, 9.17) is 11.6 Å². The van der Waals surface area contributed by atoms with Gasteiger partial charge in [-0.3, -0.25) is 0 Å². The second-order valence-corrected chi connectivity index (χ2v) is 3.12. The summed E-state index contributed by atoms with van der Waals surface area (Å²) in [5.41, 5.74) is 0.0710. The lowest BCUT2D eigenvalue weighted by molar-refractivity contribution is 0.182. The van der Waals surface area contributed by atoms with Crippen LogP contribution in [0.2, 0.25) is 0 Å². The van der Waals surface area contributed by atoms with Gasteiger partial charge >= 0.3 is 0 Å². The van der Waals surface area contributed by atoms with Crippen LogP contribution in [0.25, 0.3) is 0 Å². The molecule has 1 aliphatic carbocycles. The number of hydrogen-bond donors (Lipinski definition) is 0. The van der Waals surface area contributed by atoms with Crippen molar-refractivity contribution in [2.24, 2.45) is 5.92 Å². The van der Waals surface area contributed by atoms with Gasteiger partial charge in [0.15, 0.2) is 0 Å². The van der Waals surface area contributed by atoms with E-state index in [9.17, 15) is 8.78 Å². The van der Waals surface area contributed by atoms with Gasteiger partial charge in [0.1, 0.15) is 0 Å². The van der Waals surface area contributed by atoms with Gasteiger partial charge in [-0.15, -0.1) is 0 Å². The molecule has 0 bridgehead atoms. The molecule has 0 N–H and O–H groups in total. The minimum Gasteiger partial charge on any atom is -0.205 e. The van der Waals surface area contributed by atoms with Crippen LogP contribution in [0.15, 0.2) is 22.8 Å². The molecule has 62 valence electrons. The van der Waals surface area contributed by atoms with Gasteiger partial charge in [-0.2, -0.15) is 0 Å². The lowest BCUT2D eigenvalue weighted by atomic mass is 9.96. The van der Waals surface area contributed by atoms with Crippen molar-refractivity contribution in [3.63, 3.8) is 0 Å². The summed E-state index contributed by atoms with van der Waals surface area (Å²) in [5.74, 6) is 0.182. The first-order valence-electron chi connectivity index (χ1n) is 3.46. The van der Waals surface area contributed by atoms with E-state index >= 15 is 0 Å². The molecule has 0 spiro atoms. The van der Waals surface area contributed by atoms with E-state index in [0.717, 1.165) is 0 Å². The first kappa shape index (κ1) is 8.72. The molecule has 0 aromatic carbocycles. The van der Waals surface area contributed by atoms with Gasteiger partial charge in [0.2, 0.25) is 0 Å². The Kier molecular flexibility index (Phi) is 2.66. The van der Waals surface area contributed by atoms with Gasteiger partial charge in [0, 0.05) is 10.6 Å². The average molecular weight is 179 g/mol. The van der Waals surface area contributed by atoms with E-state index in [1.165, 1.54) is 0 Å². The standard InChI is InChI=1S/C8H9ClF2/c1-5-2-3-7(9)6(4-5)8(10)11/h2-3,5,8H,4H2,1H3. The second-order valence-electron chi connectivity index (χ2n) is 2.71. The minimum absolute atomic E-state index is 0.0710. The number of alkyl halides is 2. The monoisotopic (exact) mass is 178 g/mol. The maximum atomic E-state index is 12.2. The van der Waals surface area contributed by atoms with E-state index in [2.05, 4.69) is 0 Å². The van der Waals surface area contributed by atoms with Crippen molar-refractivity contribution in [1.82, 2.24) is 0 Å². The molecular weight excluding hydrogens is 170 g/mol. The van der Waals surface area contributed by atoms with E-state index in [1.807, 2.05) is 13.0 Å². The Morgan fingerprint density at radius 1 is 1.64 bits per heavy atom. The van der Waals surface area contributed by atoms with Crippen LogP contribution in [0, 0.1) is 5.92 Å². The van der Waals surface area contributed by atoms with Gasteiger partial charge < -0.3 is 0 Å². The van der Waals surface area contributed by atoms with E-state index in [1.54, 1.807) is 6.08 Å². The molecule has 0 saturated carbocycles. The highest BCUT2D eigenvalue weighted by molar-refractivity contribution is 6.31. The van der Waals surface area contributed by atoms with Crippen molar-refractivity contribution in [1.29, 1.82) is 0 Å². The first-order valence-corrected chi connectivity index (χ1v) is 3.84. The summed E-state index contributed by atoms with van der Waals surface area (Å²) in [6, 6.07) is 0. The van der Waals surface area contributed by atoms with Crippen molar-refractivity contribution in [3.8, 4) is 0 Å². The van der Waals surface area contributed by atoms with Gasteiger partial charge in [-0.1, -0.05) is 24.6 Å². The summed E-state index contributed by atoms with van der Waals surface area (Å²) in [4.78, 5) is 0. The molecule has 0 aromatic heterocycles. The summed E-state index contributed by atoms with van der Waals surface area (Å²) < 4.78 is 24.3. The fourth-order valence-corrected chi connectivity index (χ4v) is 1.29. The van der Waals surface area contributed by atoms with Gasteiger partial charge in [0.05, 0.1) is 0 Å². The maximum absolute atomic E-state index is 12.2. The fourth-order valence-electron chi connectivity index (χ4n) is 1.06. The Balaban J connectivity index is 2.81. The highest BCUT2D eigenvalue weighted by Crippen LogP contribution is 2.29. The normalized spacial score (nSPS) is 25.0. The van der Waals surface area contributed by atoms with E-state index < -0.39 is 6.43 Å². The third-order valence-electron chi connectivity index (χ3n) is 1.68. The molecule has 0 aliphatic heterocycles. The van der Waals surface area contributed by atoms with Crippen LogP contribution in [-0.4, -0.2) is 6.43 Å². The largest absolute Gasteiger partial charge is 0.261 e. The third-order valence-corrected chi connectivity index (χ3v) is 2.05. The molecule has 0 radical (unpaired) electrons. The molecule has 1 atom stereocenters. The number of allylic oxidation sites excluding steroid dienone is 4. The zero-order valence-corrected chi connectivity index (χ0v) is 6.91. The third kappa shape index (κ3) is 2.03. The van der Waals surface area contributed by atoms with E-state index in [-0.39, 0.29) is 16.5 Å². The van der Waals surface area contributed by atoms with Crippen molar-refractivity contribution < 1.29 is 8.78 Å². The zero-order chi connectivity index (χ0) is 8.43. The summed E-state index contributed by atoms with van der Waals surface area (Å²) >= 11 is 5.56. The molecule has 1 aliphatic rings. The summed E-state index contributed by atoms with van der Waals surface area (Å²) in [6.45, 7) is 1.89. The van der Waals surface area contributed by atoms with Crippen LogP contribution < -0.4 is 0 Å². The Morgan fingerprint density at radius 2 is 2.27 bits per heavy atom. The lowest BCUT2D eigenvalue weighted by Gasteiger charge is -2.15. The summed E-state index contributed by atoms with van der Waals surface area (Å²) in [6.07, 6.45) is 1.37. The molecule has 1 rings (SSSR count). The van der Waals surface area contributed by atoms with Crippen molar-refractivity contribution in [2.75, 3.05) is 0 Å². The van der Waals surface area contributed by atoms with Crippen molar-refractivity contribution >= 4 is 11.6 Å². The Hall–Kier alpha value is -0.370. The number of halogens is 3. The SMILES string of the molecule is CC1C=CC(Cl)=C(C(F)F)C1. The first-order chi connectivity index (χ1) is 5.11. The predicted octanol–water partition coefficient (Wildman–Crippen LogP) is 3.34. The highest BCUT2D eigenvalue weighted by Gasteiger charge is 2.19. The zero-order valence-electron chi connectivity index (χ0n) is 6.15. The average Bonchev–Trinajstić information content (AvgIpc) is 1.94. The minimum atomic E-state index is -2.41. The molecule has 0 amide bonds.